The summed E-state index contributed by atoms with van der Waals surface area (Å²) in [5, 5.41) is 17.9. The molecule has 20 heavy (non-hydrogen) atoms. The molecule has 0 saturated carbocycles. The molecule has 1 aliphatic rings. The molecule has 2 unspecified atom stereocenters. The highest BCUT2D eigenvalue weighted by molar-refractivity contribution is 7.99. The number of nitrogens with zero attached hydrogens (tertiary/aromatic N) is 3. The maximum atomic E-state index is 10.7. The zero-order valence-electron chi connectivity index (χ0n) is 11.9. The highest BCUT2D eigenvalue weighted by atomic mass is 32.2. The Morgan fingerprint density at radius 3 is 2.95 bits per heavy atom. The minimum absolute atomic E-state index is 0.0149. The molecule has 1 fully saturated rings. The summed E-state index contributed by atoms with van der Waals surface area (Å²) in [5.41, 5.74) is 0. The molecule has 1 aliphatic heterocycles. The molecule has 112 valence electrons. The van der Waals surface area contributed by atoms with Crippen LogP contribution in [0.4, 0.5) is 0 Å². The summed E-state index contributed by atoms with van der Waals surface area (Å²) < 4.78 is 7.67. The fourth-order valence-electron chi connectivity index (χ4n) is 2.39. The largest absolute Gasteiger partial charge is 0.481 e. The summed E-state index contributed by atoms with van der Waals surface area (Å²) in [6, 6.07) is 0. The van der Waals surface area contributed by atoms with Gasteiger partial charge in [0.15, 0.2) is 5.16 Å². The van der Waals surface area contributed by atoms with Gasteiger partial charge in [-0.1, -0.05) is 18.7 Å². The van der Waals surface area contributed by atoms with Crippen LogP contribution in [0.5, 0.6) is 0 Å². The van der Waals surface area contributed by atoms with Crippen LogP contribution in [0, 0.1) is 5.92 Å². The third kappa shape index (κ3) is 3.73. The summed E-state index contributed by atoms with van der Waals surface area (Å²) in [4.78, 5) is 10.7. The van der Waals surface area contributed by atoms with E-state index in [0.29, 0.717) is 11.1 Å². The number of rotatable bonds is 7. The van der Waals surface area contributed by atoms with E-state index in [1.807, 2.05) is 0 Å². The van der Waals surface area contributed by atoms with E-state index in [-0.39, 0.29) is 11.9 Å². The SMILES string of the molecule is CCCc1nnc(SCC(=O)O)n1CC1CCOC1C. The number of hydrogen-bond donors (Lipinski definition) is 1. The highest BCUT2D eigenvalue weighted by Crippen LogP contribution is 2.26. The van der Waals surface area contributed by atoms with E-state index in [9.17, 15) is 4.79 Å². The summed E-state index contributed by atoms with van der Waals surface area (Å²) in [6.45, 7) is 5.80. The molecule has 1 saturated heterocycles. The minimum Gasteiger partial charge on any atom is -0.481 e. The molecular weight excluding hydrogens is 278 g/mol. The Morgan fingerprint density at radius 1 is 1.55 bits per heavy atom. The van der Waals surface area contributed by atoms with Gasteiger partial charge >= 0.3 is 5.97 Å². The van der Waals surface area contributed by atoms with Gasteiger partial charge in [-0.3, -0.25) is 4.79 Å². The monoisotopic (exact) mass is 299 g/mol. The van der Waals surface area contributed by atoms with Gasteiger partial charge in [-0.05, 0) is 19.8 Å². The predicted octanol–water partition coefficient (Wildman–Crippen LogP) is 1.83. The molecule has 0 radical (unpaired) electrons. The molecule has 2 atom stereocenters. The molecule has 7 heteroatoms. The standard InChI is InChI=1S/C13H21N3O3S/c1-3-4-11-14-15-13(20-8-12(17)18)16(11)7-10-5-6-19-9(10)2/h9-10H,3-8H2,1-2H3,(H,17,18). The Bertz CT molecular complexity index is 464. The lowest BCUT2D eigenvalue weighted by Gasteiger charge is -2.17. The van der Waals surface area contributed by atoms with Crippen molar-refractivity contribution in [2.75, 3.05) is 12.4 Å². The van der Waals surface area contributed by atoms with Gasteiger partial charge in [0.1, 0.15) is 5.82 Å². The van der Waals surface area contributed by atoms with Crippen molar-refractivity contribution in [2.24, 2.45) is 5.92 Å². The van der Waals surface area contributed by atoms with Crippen LogP contribution in [0.15, 0.2) is 5.16 Å². The number of carboxylic acid groups (broad SMARTS) is 1. The molecule has 0 bridgehead atoms. The average molecular weight is 299 g/mol. The van der Waals surface area contributed by atoms with E-state index in [1.54, 1.807) is 0 Å². The molecule has 0 amide bonds. The number of carboxylic acids is 1. The van der Waals surface area contributed by atoms with Crippen LogP contribution in [-0.4, -0.2) is 44.3 Å². The molecule has 2 rings (SSSR count). The van der Waals surface area contributed by atoms with E-state index in [1.165, 1.54) is 11.8 Å². The van der Waals surface area contributed by atoms with Crippen molar-refractivity contribution in [1.82, 2.24) is 14.8 Å². The minimum atomic E-state index is -0.834. The molecule has 2 heterocycles. The first-order valence-electron chi connectivity index (χ1n) is 7.00. The Labute approximate surface area is 122 Å². The Balaban J connectivity index is 2.13. The fourth-order valence-corrected chi connectivity index (χ4v) is 3.08. The third-order valence-electron chi connectivity index (χ3n) is 3.54. The van der Waals surface area contributed by atoms with Crippen molar-refractivity contribution in [1.29, 1.82) is 0 Å². The van der Waals surface area contributed by atoms with Crippen LogP contribution in [0.3, 0.4) is 0 Å². The van der Waals surface area contributed by atoms with Crippen LogP contribution in [0.25, 0.3) is 0 Å². The normalized spacial score (nSPS) is 22.3. The van der Waals surface area contributed by atoms with E-state index in [4.69, 9.17) is 9.84 Å². The zero-order valence-corrected chi connectivity index (χ0v) is 12.7. The highest BCUT2D eigenvalue weighted by Gasteiger charge is 2.26. The van der Waals surface area contributed by atoms with Gasteiger partial charge in [-0.15, -0.1) is 10.2 Å². The number of ether oxygens (including phenoxy) is 1. The summed E-state index contributed by atoms with van der Waals surface area (Å²) in [6.07, 6.45) is 3.14. The average Bonchev–Trinajstić information content (AvgIpc) is 2.97. The second-order valence-electron chi connectivity index (χ2n) is 5.07. The quantitative estimate of drug-likeness (QED) is 0.774. The number of aromatic nitrogens is 3. The zero-order chi connectivity index (χ0) is 14.5. The molecule has 0 aliphatic carbocycles. The second kappa shape index (κ2) is 7.08. The van der Waals surface area contributed by atoms with Gasteiger partial charge in [0.2, 0.25) is 0 Å². The molecule has 6 nitrogen and oxygen atoms in total. The van der Waals surface area contributed by atoms with E-state index in [2.05, 4.69) is 28.6 Å². The van der Waals surface area contributed by atoms with Gasteiger partial charge in [-0.2, -0.15) is 0 Å². The van der Waals surface area contributed by atoms with Crippen molar-refractivity contribution in [3.05, 3.63) is 5.82 Å². The Kier molecular flexibility index (Phi) is 5.42. The topological polar surface area (TPSA) is 77.2 Å². The summed E-state index contributed by atoms with van der Waals surface area (Å²) >= 11 is 1.24. The number of thioether (sulfide) groups is 1. The smallest absolute Gasteiger partial charge is 0.313 e. The van der Waals surface area contributed by atoms with Crippen LogP contribution in [-0.2, 0) is 22.5 Å². The van der Waals surface area contributed by atoms with Crippen molar-refractivity contribution in [3.8, 4) is 0 Å². The van der Waals surface area contributed by atoms with Gasteiger partial charge in [0.05, 0.1) is 11.9 Å². The lowest BCUT2D eigenvalue weighted by atomic mass is 10.0. The van der Waals surface area contributed by atoms with Crippen LogP contribution < -0.4 is 0 Å². The number of aliphatic carboxylic acids is 1. The maximum Gasteiger partial charge on any atom is 0.313 e. The predicted molar refractivity (Wildman–Crippen MR) is 75.9 cm³/mol. The van der Waals surface area contributed by atoms with Gasteiger partial charge < -0.3 is 14.4 Å². The lowest BCUT2D eigenvalue weighted by molar-refractivity contribution is -0.133. The summed E-state index contributed by atoms with van der Waals surface area (Å²) in [7, 11) is 0. The van der Waals surface area contributed by atoms with Crippen LogP contribution in [0.2, 0.25) is 0 Å². The fraction of sp³-hybridized carbons (Fsp3) is 0.769. The van der Waals surface area contributed by atoms with Crippen molar-refractivity contribution in [2.45, 2.75) is 50.9 Å². The van der Waals surface area contributed by atoms with Crippen molar-refractivity contribution in [3.63, 3.8) is 0 Å². The van der Waals surface area contributed by atoms with E-state index in [0.717, 1.165) is 38.2 Å². The van der Waals surface area contributed by atoms with Gasteiger partial charge in [0.25, 0.3) is 0 Å². The summed E-state index contributed by atoms with van der Waals surface area (Å²) in [5.74, 6) is 0.575. The molecule has 1 N–H and O–H groups in total. The molecule has 1 aromatic heterocycles. The maximum absolute atomic E-state index is 10.7. The van der Waals surface area contributed by atoms with Gasteiger partial charge in [0, 0.05) is 25.5 Å². The molecule has 1 aromatic rings. The van der Waals surface area contributed by atoms with Crippen LogP contribution >= 0.6 is 11.8 Å². The second-order valence-corrected chi connectivity index (χ2v) is 6.01. The van der Waals surface area contributed by atoms with Crippen molar-refractivity contribution < 1.29 is 14.6 Å². The van der Waals surface area contributed by atoms with E-state index < -0.39 is 5.97 Å². The molecule has 0 spiro atoms. The molecular formula is C13H21N3O3S. The Hall–Kier alpha value is -1.08. The van der Waals surface area contributed by atoms with Crippen LogP contribution in [0.1, 0.15) is 32.5 Å². The Morgan fingerprint density at radius 2 is 2.35 bits per heavy atom. The number of aryl methyl sites for hydroxylation is 1. The van der Waals surface area contributed by atoms with E-state index >= 15 is 0 Å². The first-order valence-corrected chi connectivity index (χ1v) is 7.98. The molecule has 0 aromatic carbocycles. The van der Waals surface area contributed by atoms with Crippen molar-refractivity contribution >= 4 is 17.7 Å². The first-order chi connectivity index (χ1) is 9.61. The third-order valence-corrected chi connectivity index (χ3v) is 4.49. The number of hydrogen-bond acceptors (Lipinski definition) is 5. The first kappa shape index (κ1) is 15.3. The lowest BCUT2D eigenvalue weighted by Crippen LogP contribution is -2.20. The number of carbonyl (C=O) groups is 1. The van der Waals surface area contributed by atoms with Gasteiger partial charge in [-0.25, -0.2) is 0 Å².